The summed E-state index contributed by atoms with van der Waals surface area (Å²) in [4.78, 5) is 42.7. The molecular weight excluding hydrogens is 392 g/mol. The molecule has 0 saturated heterocycles. The van der Waals surface area contributed by atoms with Crippen molar-refractivity contribution in [2.45, 2.75) is 19.9 Å². The number of ether oxygens (including phenoxy) is 3. The smallest absolute Gasteiger partial charge is 0.332 e. The Kier molecular flexibility index (Phi) is 4.90. The number of fused-ring (bicyclic) bond motifs is 2. The predicted octanol–water partition coefficient (Wildman–Crippen LogP) is 1.03. The van der Waals surface area contributed by atoms with Crippen LogP contribution in [0.1, 0.15) is 12.5 Å². The molecule has 0 unspecified atom stereocenters. The second-order valence-corrected chi connectivity index (χ2v) is 6.72. The van der Waals surface area contributed by atoms with Crippen LogP contribution in [-0.2, 0) is 24.8 Å². The minimum Gasteiger partial charge on any atom is -0.495 e. The summed E-state index contributed by atoms with van der Waals surface area (Å²) in [7, 11) is 2.95. The van der Waals surface area contributed by atoms with Crippen molar-refractivity contribution in [2.24, 2.45) is 7.05 Å². The Morgan fingerprint density at radius 2 is 2.03 bits per heavy atom. The molecule has 2 aromatic heterocycles. The first-order chi connectivity index (χ1) is 14.4. The molecule has 0 atom stereocenters. The van der Waals surface area contributed by atoms with E-state index in [1.54, 1.807) is 24.4 Å². The molecule has 0 bridgehead atoms. The van der Waals surface area contributed by atoms with Gasteiger partial charge in [-0.3, -0.25) is 14.2 Å². The molecule has 1 aliphatic heterocycles. The van der Waals surface area contributed by atoms with Crippen LogP contribution < -0.4 is 30.8 Å². The van der Waals surface area contributed by atoms with E-state index in [-0.39, 0.29) is 17.8 Å². The van der Waals surface area contributed by atoms with Gasteiger partial charge in [-0.15, -0.1) is 0 Å². The van der Waals surface area contributed by atoms with Crippen LogP contribution in [0.15, 0.2) is 34.0 Å². The number of anilines is 1. The first-order valence-electron chi connectivity index (χ1n) is 9.29. The average Bonchev–Trinajstić information content (AvgIpc) is 3.21. The van der Waals surface area contributed by atoms with Gasteiger partial charge >= 0.3 is 5.69 Å². The number of carbonyl (C=O) groups excluding carboxylic acids is 1. The van der Waals surface area contributed by atoms with Crippen molar-refractivity contribution in [1.29, 1.82) is 0 Å². The number of carbonyl (C=O) groups is 1. The van der Waals surface area contributed by atoms with E-state index in [0.717, 1.165) is 10.1 Å². The van der Waals surface area contributed by atoms with E-state index in [0.29, 0.717) is 29.4 Å². The lowest BCUT2D eigenvalue weighted by Crippen LogP contribution is -2.42. The third-order valence-electron chi connectivity index (χ3n) is 4.92. The number of amides is 1. The van der Waals surface area contributed by atoms with Crippen LogP contribution in [0.5, 0.6) is 17.2 Å². The molecule has 0 saturated carbocycles. The molecule has 0 aliphatic carbocycles. The van der Waals surface area contributed by atoms with E-state index in [2.05, 4.69) is 10.3 Å². The molecule has 1 aliphatic rings. The van der Waals surface area contributed by atoms with Gasteiger partial charge in [-0.25, -0.2) is 14.3 Å². The van der Waals surface area contributed by atoms with Crippen LogP contribution >= 0.6 is 0 Å². The van der Waals surface area contributed by atoms with Crippen molar-refractivity contribution in [3.8, 4) is 17.2 Å². The summed E-state index contributed by atoms with van der Waals surface area (Å²) in [5.74, 6) is 0.910. The van der Waals surface area contributed by atoms with Gasteiger partial charge in [0.25, 0.3) is 5.56 Å². The number of nitrogens with one attached hydrogen (secondary N) is 1. The fourth-order valence-corrected chi connectivity index (χ4v) is 3.41. The zero-order chi connectivity index (χ0) is 21.4. The standard InChI is InChI=1S/C20H20N4O6/c1-4-11-8-21-18-16(17(11)28-3)19(26)24(20(27)23(18)2)9-15(25)22-12-5-6-13-14(7-12)30-10-29-13/h5-8H,4,9-10H2,1-3H3,(H,22,25). The lowest BCUT2D eigenvalue weighted by molar-refractivity contribution is -0.116. The van der Waals surface area contributed by atoms with Gasteiger partial charge in [0.1, 0.15) is 17.7 Å². The second-order valence-electron chi connectivity index (χ2n) is 6.72. The first kappa shape index (κ1) is 19.5. The van der Waals surface area contributed by atoms with Crippen molar-refractivity contribution >= 4 is 22.6 Å². The SMILES string of the molecule is CCc1cnc2c(c1OC)c(=O)n(CC(=O)Nc1ccc3c(c1)OCO3)c(=O)n2C. The number of hydrogen-bond donors (Lipinski definition) is 1. The van der Waals surface area contributed by atoms with Crippen LogP contribution in [0.2, 0.25) is 0 Å². The number of benzene rings is 1. The van der Waals surface area contributed by atoms with Crippen molar-refractivity contribution in [2.75, 3.05) is 19.2 Å². The maximum absolute atomic E-state index is 13.1. The topological polar surface area (TPSA) is 114 Å². The quantitative estimate of drug-likeness (QED) is 0.666. The normalized spacial score (nSPS) is 12.2. The third-order valence-corrected chi connectivity index (χ3v) is 4.92. The van der Waals surface area contributed by atoms with Gasteiger partial charge in [-0.1, -0.05) is 6.92 Å². The largest absolute Gasteiger partial charge is 0.495 e. The molecule has 4 rings (SSSR count). The average molecular weight is 412 g/mol. The number of pyridine rings is 1. The molecular formula is C20H20N4O6. The number of aromatic nitrogens is 3. The van der Waals surface area contributed by atoms with E-state index in [4.69, 9.17) is 14.2 Å². The number of methoxy groups -OCH3 is 1. The highest BCUT2D eigenvalue weighted by Gasteiger charge is 2.20. The zero-order valence-corrected chi connectivity index (χ0v) is 16.7. The van der Waals surface area contributed by atoms with Gasteiger partial charge in [-0.2, -0.15) is 0 Å². The van der Waals surface area contributed by atoms with E-state index in [9.17, 15) is 14.4 Å². The number of aryl methyl sites for hydroxylation is 2. The van der Waals surface area contributed by atoms with E-state index in [1.165, 1.54) is 18.7 Å². The monoisotopic (exact) mass is 412 g/mol. The summed E-state index contributed by atoms with van der Waals surface area (Å²) in [5, 5.41) is 2.83. The van der Waals surface area contributed by atoms with Crippen molar-refractivity contribution in [3.63, 3.8) is 0 Å². The number of rotatable bonds is 5. The Morgan fingerprint density at radius 1 is 1.27 bits per heavy atom. The molecule has 0 radical (unpaired) electrons. The summed E-state index contributed by atoms with van der Waals surface area (Å²) in [6, 6.07) is 4.93. The lowest BCUT2D eigenvalue weighted by atomic mass is 10.1. The second kappa shape index (κ2) is 7.54. The predicted molar refractivity (Wildman–Crippen MR) is 108 cm³/mol. The van der Waals surface area contributed by atoms with Crippen molar-refractivity contribution in [3.05, 3.63) is 50.8 Å². The molecule has 3 aromatic rings. The maximum Gasteiger partial charge on any atom is 0.332 e. The van der Waals surface area contributed by atoms with Crippen molar-refractivity contribution < 1.29 is 19.0 Å². The maximum atomic E-state index is 13.1. The fraction of sp³-hybridized carbons (Fsp3) is 0.300. The third kappa shape index (κ3) is 3.15. The highest BCUT2D eigenvalue weighted by atomic mass is 16.7. The van der Waals surface area contributed by atoms with Crippen molar-refractivity contribution in [1.82, 2.24) is 14.1 Å². The Balaban J connectivity index is 1.72. The van der Waals surface area contributed by atoms with Gasteiger partial charge in [-0.05, 0) is 18.6 Å². The van der Waals surface area contributed by atoms with E-state index in [1.807, 2.05) is 6.92 Å². The summed E-state index contributed by atoms with van der Waals surface area (Å²) in [5.41, 5.74) is 0.117. The Morgan fingerprint density at radius 3 is 2.77 bits per heavy atom. The van der Waals surface area contributed by atoms with Crippen LogP contribution in [0, 0.1) is 0 Å². The molecule has 10 nitrogen and oxygen atoms in total. The molecule has 156 valence electrons. The molecule has 1 aromatic carbocycles. The number of nitrogens with zero attached hydrogens (tertiary/aromatic N) is 3. The molecule has 30 heavy (non-hydrogen) atoms. The van der Waals surface area contributed by atoms with Gasteiger partial charge in [0.2, 0.25) is 12.7 Å². The van der Waals surface area contributed by atoms with Gasteiger partial charge in [0.15, 0.2) is 17.1 Å². The minimum absolute atomic E-state index is 0.116. The summed E-state index contributed by atoms with van der Waals surface area (Å²) in [6.45, 7) is 1.56. The summed E-state index contributed by atoms with van der Waals surface area (Å²) in [6.07, 6.45) is 2.18. The van der Waals surface area contributed by atoms with Crippen LogP contribution in [0.4, 0.5) is 5.69 Å². The van der Waals surface area contributed by atoms with Crippen LogP contribution in [0.3, 0.4) is 0 Å². The Labute approximate surface area is 170 Å². The highest BCUT2D eigenvalue weighted by molar-refractivity contribution is 5.91. The summed E-state index contributed by atoms with van der Waals surface area (Å²) >= 11 is 0. The first-order valence-corrected chi connectivity index (χ1v) is 9.29. The Hall–Kier alpha value is -3.82. The fourth-order valence-electron chi connectivity index (χ4n) is 3.41. The van der Waals surface area contributed by atoms with Crippen LogP contribution in [-0.4, -0.2) is 33.9 Å². The van der Waals surface area contributed by atoms with Gasteiger partial charge < -0.3 is 19.5 Å². The minimum atomic E-state index is -0.646. The summed E-state index contributed by atoms with van der Waals surface area (Å²) < 4.78 is 18.1. The van der Waals surface area contributed by atoms with E-state index >= 15 is 0 Å². The molecule has 1 N–H and O–H groups in total. The Bertz CT molecular complexity index is 1280. The van der Waals surface area contributed by atoms with Gasteiger partial charge in [0, 0.05) is 30.6 Å². The molecule has 0 spiro atoms. The lowest BCUT2D eigenvalue weighted by Gasteiger charge is -2.14. The number of hydrogen-bond acceptors (Lipinski definition) is 7. The van der Waals surface area contributed by atoms with E-state index < -0.39 is 23.7 Å². The zero-order valence-electron chi connectivity index (χ0n) is 16.7. The molecule has 1 amide bonds. The molecule has 10 heteroatoms. The molecule has 3 heterocycles. The highest BCUT2D eigenvalue weighted by Crippen LogP contribution is 2.34. The van der Waals surface area contributed by atoms with Crippen LogP contribution in [0.25, 0.3) is 11.0 Å². The van der Waals surface area contributed by atoms with Gasteiger partial charge in [0.05, 0.1) is 7.11 Å². The molecule has 0 fully saturated rings.